The second-order valence-corrected chi connectivity index (χ2v) is 3.19. The van der Waals surface area contributed by atoms with Crippen LogP contribution in [0.15, 0.2) is 0 Å². The Labute approximate surface area is 76.3 Å². The molecule has 1 aliphatic heterocycles. The lowest BCUT2D eigenvalue weighted by Gasteiger charge is -2.34. The van der Waals surface area contributed by atoms with E-state index in [1.165, 1.54) is 7.11 Å². The Balaban J connectivity index is 2.63. The first kappa shape index (κ1) is 10.4. The lowest BCUT2D eigenvalue weighted by atomic mass is 9.92. The number of hydrogen-bond donors (Lipinski definition) is 2. The number of esters is 1. The van der Waals surface area contributed by atoms with Crippen LogP contribution in [0.2, 0.25) is 0 Å². The Morgan fingerprint density at radius 3 is 2.69 bits per heavy atom. The van der Waals surface area contributed by atoms with Crippen LogP contribution in [-0.4, -0.2) is 48.2 Å². The monoisotopic (exact) mass is 190 g/mol. The fourth-order valence-corrected chi connectivity index (χ4v) is 1.28. The van der Waals surface area contributed by atoms with Crippen LogP contribution in [0, 0.1) is 5.92 Å². The van der Waals surface area contributed by atoms with Crippen LogP contribution in [0.25, 0.3) is 0 Å². The number of aliphatic hydroxyl groups excluding tert-OH is 2. The highest BCUT2D eigenvalue weighted by Gasteiger charge is 2.40. The Hall–Kier alpha value is -0.650. The van der Waals surface area contributed by atoms with Crippen molar-refractivity contribution < 1.29 is 24.5 Å². The molecule has 0 aromatic rings. The summed E-state index contributed by atoms with van der Waals surface area (Å²) in [6, 6.07) is 0. The summed E-state index contributed by atoms with van der Waals surface area (Å²) in [6.45, 7) is 1.71. The highest BCUT2D eigenvalue weighted by atomic mass is 16.6. The Bertz CT molecular complexity index is 193. The Kier molecular flexibility index (Phi) is 3.24. The summed E-state index contributed by atoms with van der Waals surface area (Å²) in [4.78, 5) is 11.0. The molecule has 1 saturated heterocycles. The molecule has 2 N–H and O–H groups in total. The Morgan fingerprint density at radius 2 is 2.15 bits per heavy atom. The van der Waals surface area contributed by atoms with Crippen molar-refractivity contribution in [1.82, 2.24) is 0 Å². The molecule has 0 saturated carbocycles. The van der Waals surface area contributed by atoms with Gasteiger partial charge in [0.1, 0.15) is 0 Å². The second-order valence-electron chi connectivity index (χ2n) is 3.19. The van der Waals surface area contributed by atoms with Crippen molar-refractivity contribution in [3.05, 3.63) is 0 Å². The predicted molar refractivity (Wildman–Crippen MR) is 42.9 cm³/mol. The number of rotatable bonds is 1. The van der Waals surface area contributed by atoms with Crippen molar-refractivity contribution in [3.8, 4) is 0 Å². The molecule has 0 amide bonds. The quantitative estimate of drug-likeness (QED) is 0.514. The first-order valence-electron chi connectivity index (χ1n) is 4.13. The van der Waals surface area contributed by atoms with Crippen LogP contribution in [0.1, 0.15) is 6.92 Å². The largest absolute Gasteiger partial charge is 0.467 e. The Morgan fingerprint density at radius 1 is 1.54 bits per heavy atom. The van der Waals surface area contributed by atoms with Crippen LogP contribution in [-0.2, 0) is 14.3 Å². The molecule has 4 atom stereocenters. The highest BCUT2D eigenvalue weighted by Crippen LogP contribution is 2.21. The zero-order valence-electron chi connectivity index (χ0n) is 7.64. The van der Waals surface area contributed by atoms with Gasteiger partial charge in [-0.05, 0) is 0 Å². The van der Waals surface area contributed by atoms with Crippen LogP contribution in [0.5, 0.6) is 0 Å². The minimum atomic E-state index is -1.00. The van der Waals surface area contributed by atoms with Crippen LogP contribution >= 0.6 is 0 Å². The number of carbonyl (C=O) groups is 1. The summed E-state index contributed by atoms with van der Waals surface area (Å²) in [5.74, 6) is -0.982. The SMILES string of the molecule is COC(=O)C1OC[C@H](O)[C@@H](C)[C@@H]1O. The van der Waals surface area contributed by atoms with Crippen molar-refractivity contribution in [3.63, 3.8) is 0 Å². The molecule has 1 unspecified atom stereocenters. The summed E-state index contributed by atoms with van der Waals surface area (Å²) < 4.78 is 9.39. The molecule has 13 heavy (non-hydrogen) atoms. The van der Waals surface area contributed by atoms with Gasteiger partial charge in [0, 0.05) is 5.92 Å². The van der Waals surface area contributed by atoms with Crippen molar-refractivity contribution in [2.75, 3.05) is 13.7 Å². The lowest BCUT2D eigenvalue weighted by molar-refractivity contribution is -0.187. The smallest absolute Gasteiger partial charge is 0.337 e. The topological polar surface area (TPSA) is 76.0 Å². The molecular formula is C8H14O5. The number of carbonyl (C=O) groups excluding carboxylic acids is 1. The molecule has 1 fully saturated rings. The van der Waals surface area contributed by atoms with E-state index in [1.807, 2.05) is 0 Å². The number of methoxy groups -OCH3 is 1. The maximum Gasteiger partial charge on any atom is 0.337 e. The molecule has 0 radical (unpaired) electrons. The fourth-order valence-electron chi connectivity index (χ4n) is 1.28. The van der Waals surface area contributed by atoms with E-state index in [0.29, 0.717) is 0 Å². The summed E-state index contributed by atoms with van der Waals surface area (Å²) in [7, 11) is 1.23. The minimum Gasteiger partial charge on any atom is -0.467 e. The number of hydrogen-bond acceptors (Lipinski definition) is 5. The zero-order valence-corrected chi connectivity index (χ0v) is 7.64. The molecule has 5 heteroatoms. The molecule has 0 bridgehead atoms. The minimum absolute atomic E-state index is 0.0536. The summed E-state index contributed by atoms with van der Waals surface area (Å²) >= 11 is 0. The van der Waals surface area contributed by atoms with E-state index in [0.717, 1.165) is 0 Å². The van der Waals surface area contributed by atoms with Gasteiger partial charge >= 0.3 is 5.97 Å². The normalized spacial score (nSPS) is 40.0. The van der Waals surface area contributed by atoms with Gasteiger partial charge < -0.3 is 19.7 Å². The van der Waals surface area contributed by atoms with Gasteiger partial charge in [-0.15, -0.1) is 0 Å². The number of aliphatic hydroxyl groups is 2. The molecular weight excluding hydrogens is 176 g/mol. The fraction of sp³-hybridized carbons (Fsp3) is 0.875. The van der Waals surface area contributed by atoms with Crippen LogP contribution < -0.4 is 0 Å². The standard InChI is InChI=1S/C8H14O5/c1-4-5(9)3-13-7(6(4)10)8(11)12-2/h4-7,9-10H,3H2,1-2H3/t4-,5+,6+,7?/m1/s1. The van der Waals surface area contributed by atoms with Crippen LogP contribution in [0.4, 0.5) is 0 Å². The van der Waals surface area contributed by atoms with E-state index >= 15 is 0 Å². The van der Waals surface area contributed by atoms with E-state index < -0.39 is 24.3 Å². The molecule has 1 rings (SSSR count). The molecule has 1 heterocycles. The summed E-state index contributed by atoms with van der Waals surface area (Å²) in [5.41, 5.74) is 0. The van der Waals surface area contributed by atoms with E-state index in [1.54, 1.807) is 6.92 Å². The molecule has 76 valence electrons. The third-order valence-corrected chi connectivity index (χ3v) is 2.34. The first-order valence-corrected chi connectivity index (χ1v) is 4.13. The third kappa shape index (κ3) is 1.99. The van der Waals surface area contributed by atoms with Crippen molar-refractivity contribution in [1.29, 1.82) is 0 Å². The van der Waals surface area contributed by atoms with Gasteiger partial charge in [-0.1, -0.05) is 6.92 Å². The highest BCUT2D eigenvalue weighted by molar-refractivity contribution is 5.75. The van der Waals surface area contributed by atoms with E-state index in [-0.39, 0.29) is 12.5 Å². The molecule has 0 spiro atoms. The molecule has 1 aliphatic rings. The maximum atomic E-state index is 11.0. The van der Waals surface area contributed by atoms with Gasteiger partial charge in [-0.2, -0.15) is 0 Å². The zero-order chi connectivity index (χ0) is 10.0. The predicted octanol–water partition coefficient (Wildman–Crippen LogP) is -1.08. The van der Waals surface area contributed by atoms with Gasteiger partial charge in [0.05, 0.1) is 25.9 Å². The molecule has 0 aliphatic carbocycles. The first-order chi connectivity index (χ1) is 6.07. The van der Waals surface area contributed by atoms with Gasteiger partial charge in [0.15, 0.2) is 6.10 Å². The van der Waals surface area contributed by atoms with E-state index in [4.69, 9.17) is 4.74 Å². The lowest BCUT2D eigenvalue weighted by Crippen LogP contribution is -2.51. The average Bonchev–Trinajstić information content (AvgIpc) is 2.13. The third-order valence-electron chi connectivity index (χ3n) is 2.34. The molecule has 0 aromatic carbocycles. The summed E-state index contributed by atoms with van der Waals surface area (Å²) in [5, 5.41) is 18.8. The maximum absolute atomic E-state index is 11.0. The van der Waals surface area contributed by atoms with Crippen molar-refractivity contribution >= 4 is 5.97 Å². The van der Waals surface area contributed by atoms with Gasteiger partial charge in [-0.3, -0.25) is 0 Å². The average molecular weight is 190 g/mol. The van der Waals surface area contributed by atoms with Gasteiger partial charge in [0.2, 0.25) is 0 Å². The molecule has 0 aromatic heterocycles. The second kappa shape index (κ2) is 4.04. The van der Waals surface area contributed by atoms with E-state index in [9.17, 15) is 15.0 Å². The van der Waals surface area contributed by atoms with Gasteiger partial charge in [-0.25, -0.2) is 4.79 Å². The summed E-state index contributed by atoms with van der Waals surface area (Å²) in [6.07, 6.45) is -2.70. The molecule has 5 nitrogen and oxygen atoms in total. The van der Waals surface area contributed by atoms with Crippen molar-refractivity contribution in [2.45, 2.75) is 25.2 Å². The van der Waals surface area contributed by atoms with Gasteiger partial charge in [0.25, 0.3) is 0 Å². The van der Waals surface area contributed by atoms with Crippen LogP contribution in [0.3, 0.4) is 0 Å². The van der Waals surface area contributed by atoms with E-state index in [2.05, 4.69) is 4.74 Å². The number of ether oxygens (including phenoxy) is 2. The van der Waals surface area contributed by atoms with Crippen molar-refractivity contribution in [2.24, 2.45) is 5.92 Å².